The Morgan fingerprint density at radius 2 is 2.02 bits per heavy atom. The van der Waals surface area contributed by atoms with Gasteiger partial charge in [0.25, 0.3) is 11.8 Å². The number of likely N-dealkylation sites (tertiary alicyclic amines) is 1. The van der Waals surface area contributed by atoms with E-state index < -0.39 is 17.0 Å². The minimum atomic E-state index is -4.55. The summed E-state index contributed by atoms with van der Waals surface area (Å²) in [6.45, 7) is 4.54. The second-order valence-corrected chi connectivity index (χ2v) is 11.9. The lowest BCUT2D eigenvalue weighted by atomic mass is 9.61. The zero-order valence-electron chi connectivity index (χ0n) is 22.9. The number of halogens is 3. The van der Waals surface area contributed by atoms with Crippen molar-refractivity contribution < 1.29 is 32.2 Å². The highest BCUT2D eigenvalue weighted by molar-refractivity contribution is 7.10. The SMILES string of the molecule is CCOc1ncccc1-c1ccc(OC2CC3(C2)CN(C(=O)c2ccsc2C(F)(F)F)C3)c(C(=O)N[C@@H]2CCNC2)n1. The van der Waals surface area contributed by atoms with Crippen molar-refractivity contribution in [2.24, 2.45) is 5.41 Å². The van der Waals surface area contributed by atoms with Crippen LogP contribution in [0.4, 0.5) is 13.2 Å². The average Bonchev–Trinajstić information content (AvgIpc) is 3.62. The Hall–Kier alpha value is -3.71. The molecule has 5 heterocycles. The van der Waals surface area contributed by atoms with Gasteiger partial charge in [-0.15, -0.1) is 11.3 Å². The minimum absolute atomic E-state index is 0.0141. The average molecular weight is 602 g/mol. The Morgan fingerprint density at radius 3 is 2.74 bits per heavy atom. The Morgan fingerprint density at radius 1 is 1.21 bits per heavy atom. The van der Waals surface area contributed by atoms with E-state index in [1.165, 1.54) is 16.3 Å². The summed E-state index contributed by atoms with van der Waals surface area (Å²) in [6.07, 6.45) is -1.07. The van der Waals surface area contributed by atoms with Gasteiger partial charge in [-0.2, -0.15) is 13.2 Å². The van der Waals surface area contributed by atoms with Crippen LogP contribution in [0.1, 0.15) is 51.9 Å². The lowest BCUT2D eigenvalue weighted by molar-refractivity contribution is -0.135. The predicted molar refractivity (Wildman–Crippen MR) is 149 cm³/mol. The maximum Gasteiger partial charge on any atom is 0.426 e. The van der Waals surface area contributed by atoms with Gasteiger partial charge in [0.05, 0.1) is 23.4 Å². The third kappa shape index (κ3) is 5.54. The maximum atomic E-state index is 13.4. The second kappa shape index (κ2) is 11.2. The van der Waals surface area contributed by atoms with Crippen molar-refractivity contribution in [3.05, 3.63) is 58.0 Å². The molecule has 0 bridgehead atoms. The van der Waals surface area contributed by atoms with E-state index in [9.17, 15) is 22.8 Å². The fourth-order valence-electron chi connectivity index (χ4n) is 5.93. The number of hydrogen-bond donors (Lipinski definition) is 2. The molecule has 0 radical (unpaired) electrons. The molecule has 1 saturated carbocycles. The summed E-state index contributed by atoms with van der Waals surface area (Å²) in [4.78, 5) is 35.7. The summed E-state index contributed by atoms with van der Waals surface area (Å²) in [7, 11) is 0. The molecule has 3 aromatic heterocycles. The first-order valence-corrected chi connectivity index (χ1v) is 14.8. The number of nitrogens with zero attached hydrogens (tertiary/aromatic N) is 3. The molecule has 42 heavy (non-hydrogen) atoms. The summed E-state index contributed by atoms with van der Waals surface area (Å²) in [5.74, 6) is -0.166. The number of aromatic nitrogens is 2. The summed E-state index contributed by atoms with van der Waals surface area (Å²) >= 11 is 0.529. The molecule has 9 nitrogen and oxygen atoms in total. The van der Waals surface area contributed by atoms with Crippen molar-refractivity contribution in [2.75, 3.05) is 32.8 Å². The maximum absolute atomic E-state index is 13.4. The summed E-state index contributed by atoms with van der Waals surface area (Å²) in [5, 5.41) is 7.56. The van der Waals surface area contributed by atoms with E-state index in [0.29, 0.717) is 73.3 Å². The van der Waals surface area contributed by atoms with Crippen LogP contribution in [0, 0.1) is 5.41 Å². The first-order chi connectivity index (χ1) is 20.2. The molecule has 3 aliphatic rings. The molecule has 3 fully saturated rings. The number of carbonyl (C=O) groups is 2. The number of ether oxygens (including phenoxy) is 2. The van der Waals surface area contributed by atoms with E-state index in [2.05, 4.69) is 20.6 Å². The second-order valence-electron chi connectivity index (χ2n) is 11.0. The Labute approximate surface area is 244 Å². The van der Waals surface area contributed by atoms with Gasteiger partial charge in [-0.3, -0.25) is 9.59 Å². The number of thiophene rings is 1. The highest BCUT2D eigenvalue weighted by Gasteiger charge is 2.55. The number of pyridine rings is 2. The van der Waals surface area contributed by atoms with Gasteiger partial charge in [-0.1, -0.05) is 0 Å². The van der Waals surface area contributed by atoms with E-state index in [0.717, 1.165) is 13.0 Å². The van der Waals surface area contributed by atoms with Gasteiger partial charge in [0, 0.05) is 37.3 Å². The molecular formula is C29H30F3N5O4S. The quantitative estimate of drug-likeness (QED) is 0.395. The van der Waals surface area contributed by atoms with Crippen molar-refractivity contribution in [1.82, 2.24) is 25.5 Å². The van der Waals surface area contributed by atoms with E-state index in [1.807, 2.05) is 13.0 Å². The summed E-state index contributed by atoms with van der Waals surface area (Å²) in [5.41, 5.74) is 0.855. The fraction of sp³-hybridized carbons (Fsp3) is 0.448. The van der Waals surface area contributed by atoms with Gasteiger partial charge in [0.1, 0.15) is 11.0 Å². The molecule has 2 aliphatic heterocycles. The zero-order chi connectivity index (χ0) is 29.5. The molecule has 2 saturated heterocycles. The van der Waals surface area contributed by atoms with Gasteiger partial charge in [0.2, 0.25) is 5.88 Å². The molecule has 3 aromatic rings. The lowest BCUT2D eigenvalue weighted by Crippen LogP contribution is -2.65. The van der Waals surface area contributed by atoms with E-state index in [4.69, 9.17) is 9.47 Å². The standard InChI is InChI=1S/C29H30F3N5O4S/c1-2-40-26-19(4-3-9-34-26)21-5-6-22(23(36-21)25(38)35-17-7-10-33-14-17)41-18-12-28(13-18)15-37(16-28)27(39)20-8-11-42-24(20)29(30,31)32/h3-6,8-9,11,17-18,33H,2,7,10,12-16H2,1H3,(H,35,38)/t17-/m1/s1. The van der Waals surface area contributed by atoms with Crippen molar-refractivity contribution in [1.29, 1.82) is 0 Å². The summed E-state index contributed by atoms with van der Waals surface area (Å²) in [6, 6.07) is 8.32. The molecule has 13 heteroatoms. The van der Waals surface area contributed by atoms with Crippen LogP contribution < -0.4 is 20.1 Å². The number of rotatable bonds is 8. The van der Waals surface area contributed by atoms with E-state index in [1.54, 1.807) is 24.4 Å². The molecule has 0 aromatic carbocycles. The number of hydrogen-bond acceptors (Lipinski definition) is 8. The third-order valence-corrected chi connectivity index (χ3v) is 8.86. The number of alkyl halides is 3. The van der Waals surface area contributed by atoms with Gasteiger partial charge >= 0.3 is 6.18 Å². The molecule has 2 amide bonds. The van der Waals surface area contributed by atoms with Crippen molar-refractivity contribution in [2.45, 2.75) is 44.5 Å². The molecule has 222 valence electrons. The zero-order valence-corrected chi connectivity index (χ0v) is 23.7. The third-order valence-electron chi connectivity index (χ3n) is 7.90. The molecule has 0 unspecified atom stereocenters. The first-order valence-electron chi connectivity index (χ1n) is 13.9. The molecule has 1 atom stereocenters. The van der Waals surface area contributed by atoms with Crippen molar-refractivity contribution >= 4 is 23.2 Å². The van der Waals surface area contributed by atoms with E-state index in [-0.39, 0.29) is 34.7 Å². The van der Waals surface area contributed by atoms with Crippen LogP contribution in [0.3, 0.4) is 0 Å². The van der Waals surface area contributed by atoms with Crippen molar-refractivity contribution in [3.8, 4) is 22.9 Å². The topological polar surface area (TPSA) is 106 Å². The Kier molecular flexibility index (Phi) is 7.56. The largest absolute Gasteiger partial charge is 0.488 e. The Bertz CT molecular complexity index is 1480. The van der Waals surface area contributed by atoms with Crippen LogP contribution in [-0.4, -0.2) is 71.6 Å². The Balaban J connectivity index is 1.15. The monoisotopic (exact) mass is 601 g/mol. The molecule has 1 spiro atoms. The number of nitrogens with one attached hydrogen (secondary N) is 2. The molecule has 1 aliphatic carbocycles. The van der Waals surface area contributed by atoms with Crippen molar-refractivity contribution in [3.63, 3.8) is 0 Å². The van der Waals surface area contributed by atoms with Crippen LogP contribution in [0.15, 0.2) is 41.9 Å². The number of amides is 2. The molecule has 2 N–H and O–H groups in total. The van der Waals surface area contributed by atoms with Crippen LogP contribution in [0.25, 0.3) is 11.3 Å². The molecular weight excluding hydrogens is 571 g/mol. The van der Waals surface area contributed by atoms with Crippen LogP contribution in [0.2, 0.25) is 0 Å². The van der Waals surface area contributed by atoms with Gasteiger partial charge in [0.15, 0.2) is 11.4 Å². The van der Waals surface area contributed by atoms with Gasteiger partial charge in [-0.05, 0) is 68.4 Å². The highest BCUT2D eigenvalue weighted by atomic mass is 32.1. The predicted octanol–water partition coefficient (Wildman–Crippen LogP) is 4.40. The minimum Gasteiger partial charge on any atom is -0.488 e. The van der Waals surface area contributed by atoms with E-state index >= 15 is 0 Å². The fourth-order valence-corrected chi connectivity index (χ4v) is 6.68. The first kappa shape index (κ1) is 28.4. The highest BCUT2D eigenvalue weighted by Crippen LogP contribution is 2.51. The molecule has 6 rings (SSSR count). The van der Waals surface area contributed by atoms with Gasteiger partial charge in [-0.25, -0.2) is 9.97 Å². The van der Waals surface area contributed by atoms with Crippen LogP contribution in [0.5, 0.6) is 11.6 Å². The smallest absolute Gasteiger partial charge is 0.426 e. The number of carbonyl (C=O) groups excluding carboxylic acids is 2. The van der Waals surface area contributed by atoms with Gasteiger partial charge < -0.3 is 25.0 Å². The lowest BCUT2D eigenvalue weighted by Gasteiger charge is -2.58. The van der Waals surface area contributed by atoms with Crippen LogP contribution >= 0.6 is 11.3 Å². The van der Waals surface area contributed by atoms with Crippen LogP contribution in [-0.2, 0) is 6.18 Å². The normalized spacial score (nSPS) is 19.7. The summed E-state index contributed by atoms with van der Waals surface area (Å²) < 4.78 is 51.7.